The summed E-state index contributed by atoms with van der Waals surface area (Å²) in [5.41, 5.74) is 6.11. The number of ether oxygens (including phenoxy) is 1. The van der Waals surface area contributed by atoms with E-state index in [0.29, 0.717) is 27.1 Å². The van der Waals surface area contributed by atoms with Gasteiger partial charge in [0.1, 0.15) is 17.6 Å². The molecule has 2 aromatic rings. The van der Waals surface area contributed by atoms with Crippen molar-refractivity contribution in [1.82, 2.24) is 0 Å². The standard InChI is InChI=1S/C14H9BrN2O2/c15-13-7-12(6-3-10(13)8-16)19-11-4-1-9(2-5-11)14(17)18/h1-7H,(H2,17,18). The minimum atomic E-state index is -0.479. The average molecular weight is 317 g/mol. The van der Waals surface area contributed by atoms with Crippen LogP contribution in [0.1, 0.15) is 15.9 Å². The lowest BCUT2D eigenvalue weighted by molar-refractivity contribution is 0.100. The first-order valence-corrected chi connectivity index (χ1v) is 6.17. The van der Waals surface area contributed by atoms with E-state index in [4.69, 9.17) is 15.7 Å². The van der Waals surface area contributed by atoms with E-state index >= 15 is 0 Å². The summed E-state index contributed by atoms with van der Waals surface area (Å²) in [6.07, 6.45) is 0. The third kappa shape index (κ3) is 3.12. The number of carbonyl (C=O) groups excluding carboxylic acids is 1. The summed E-state index contributed by atoms with van der Waals surface area (Å²) in [6.45, 7) is 0. The van der Waals surface area contributed by atoms with Crippen molar-refractivity contribution in [3.05, 3.63) is 58.1 Å². The second kappa shape index (κ2) is 5.55. The van der Waals surface area contributed by atoms with Crippen LogP contribution in [0.2, 0.25) is 0 Å². The Morgan fingerprint density at radius 3 is 2.32 bits per heavy atom. The molecule has 0 bridgehead atoms. The molecule has 0 aromatic heterocycles. The van der Waals surface area contributed by atoms with Crippen LogP contribution in [0.3, 0.4) is 0 Å². The predicted molar refractivity (Wildman–Crippen MR) is 73.9 cm³/mol. The van der Waals surface area contributed by atoms with Gasteiger partial charge in [-0.1, -0.05) is 0 Å². The third-order valence-corrected chi connectivity index (χ3v) is 3.09. The van der Waals surface area contributed by atoms with Crippen molar-refractivity contribution in [2.45, 2.75) is 0 Å². The Morgan fingerprint density at radius 1 is 1.16 bits per heavy atom. The summed E-state index contributed by atoms with van der Waals surface area (Å²) >= 11 is 3.29. The Balaban J connectivity index is 2.19. The van der Waals surface area contributed by atoms with Crippen LogP contribution >= 0.6 is 15.9 Å². The van der Waals surface area contributed by atoms with Gasteiger partial charge in [-0.2, -0.15) is 5.26 Å². The molecule has 0 spiro atoms. The number of nitrogens with zero attached hydrogens (tertiary/aromatic N) is 1. The molecule has 19 heavy (non-hydrogen) atoms. The number of benzene rings is 2. The lowest BCUT2D eigenvalue weighted by Crippen LogP contribution is -2.10. The van der Waals surface area contributed by atoms with E-state index in [9.17, 15) is 4.79 Å². The van der Waals surface area contributed by atoms with Gasteiger partial charge in [-0.25, -0.2) is 0 Å². The van der Waals surface area contributed by atoms with E-state index in [-0.39, 0.29) is 0 Å². The van der Waals surface area contributed by atoms with Crippen molar-refractivity contribution in [3.8, 4) is 17.6 Å². The quantitative estimate of drug-likeness (QED) is 0.944. The summed E-state index contributed by atoms with van der Waals surface area (Å²) in [5, 5.41) is 8.82. The van der Waals surface area contributed by atoms with E-state index in [1.807, 2.05) is 0 Å². The fourth-order valence-corrected chi connectivity index (χ4v) is 1.92. The molecular formula is C14H9BrN2O2. The summed E-state index contributed by atoms with van der Waals surface area (Å²) < 4.78 is 6.27. The summed E-state index contributed by atoms with van der Waals surface area (Å²) in [4.78, 5) is 10.9. The van der Waals surface area contributed by atoms with Gasteiger partial charge in [0.2, 0.25) is 5.91 Å². The number of halogens is 1. The van der Waals surface area contributed by atoms with E-state index in [2.05, 4.69) is 22.0 Å². The molecule has 0 unspecified atom stereocenters. The first-order valence-electron chi connectivity index (χ1n) is 5.37. The minimum absolute atomic E-state index is 0.424. The molecule has 0 aliphatic heterocycles. The summed E-state index contributed by atoms with van der Waals surface area (Å²) in [5.74, 6) is 0.701. The van der Waals surface area contributed by atoms with Gasteiger partial charge in [-0.05, 0) is 58.4 Å². The van der Waals surface area contributed by atoms with Crippen LogP contribution in [0.15, 0.2) is 46.9 Å². The van der Waals surface area contributed by atoms with Crippen molar-refractivity contribution in [1.29, 1.82) is 5.26 Å². The zero-order chi connectivity index (χ0) is 13.8. The van der Waals surface area contributed by atoms with Gasteiger partial charge in [0.25, 0.3) is 0 Å². The van der Waals surface area contributed by atoms with Gasteiger partial charge in [-0.15, -0.1) is 0 Å². The van der Waals surface area contributed by atoms with Gasteiger partial charge in [0.05, 0.1) is 5.56 Å². The van der Waals surface area contributed by atoms with Crippen LogP contribution < -0.4 is 10.5 Å². The molecule has 5 heteroatoms. The number of rotatable bonds is 3. The highest BCUT2D eigenvalue weighted by atomic mass is 79.9. The van der Waals surface area contributed by atoms with Gasteiger partial charge >= 0.3 is 0 Å². The number of hydrogen-bond donors (Lipinski definition) is 1. The first-order chi connectivity index (χ1) is 9.10. The largest absolute Gasteiger partial charge is 0.457 e. The molecule has 1 amide bonds. The normalized spacial score (nSPS) is 9.68. The molecule has 2 N–H and O–H groups in total. The highest BCUT2D eigenvalue weighted by Gasteiger charge is 2.04. The molecular weight excluding hydrogens is 308 g/mol. The smallest absolute Gasteiger partial charge is 0.248 e. The molecule has 4 nitrogen and oxygen atoms in total. The lowest BCUT2D eigenvalue weighted by Gasteiger charge is -2.07. The Labute approximate surface area is 118 Å². The molecule has 0 atom stereocenters. The SMILES string of the molecule is N#Cc1ccc(Oc2ccc(C(N)=O)cc2)cc1Br. The number of nitriles is 1. The molecule has 2 rings (SSSR count). The van der Waals surface area contributed by atoms with E-state index in [0.717, 1.165) is 0 Å². The second-order valence-corrected chi connectivity index (χ2v) is 4.60. The molecule has 0 saturated carbocycles. The monoisotopic (exact) mass is 316 g/mol. The number of primary amides is 1. The van der Waals surface area contributed by atoms with E-state index in [1.165, 1.54) is 0 Å². The number of amides is 1. The van der Waals surface area contributed by atoms with Crippen LogP contribution in [0.5, 0.6) is 11.5 Å². The maximum Gasteiger partial charge on any atom is 0.248 e. The van der Waals surface area contributed by atoms with Crippen LogP contribution in [-0.4, -0.2) is 5.91 Å². The Kier molecular flexibility index (Phi) is 3.83. The van der Waals surface area contributed by atoms with Gasteiger partial charge in [0, 0.05) is 10.0 Å². The van der Waals surface area contributed by atoms with Crippen molar-refractivity contribution >= 4 is 21.8 Å². The summed E-state index contributed by atoms with van der Waals surface area (Å²) in [7, 11) is 0. The highest BCUT2D eigenvalue weighted by molar-refractivity contribution is 9.10. The van der Waals surface area contributed by atoms with Gasteiger partial charge in [-0.3, -0.25) is 4.79 Å². The Morgan fingerprint density at radius 2 is 1.79 bits per heavy atom. The molecule has 0 heterocycles. The molecule has 0 aliphatic carbocycles. The van der Waals surface area contributed by atoms with Gasteiger partial charge < -0.3 is 10.5 Å². The van der Waals surface area contributed by atoms with Gasteiger partial charge in [0.15, 0.2) is 0 Å². The number of nitrogens with two attached hydrogens (primary N) is 1. The molecule has 0 aliphatic rings. The average Bonchev–Trinajstić information content (AvgIpc) is 2.39. The maximum absolute atomic E-state index is 10.9. The molecule has 0 radical (unpaired) electrons. The zero-order valence-corrected chi connectivity index (χ0v) is 11.3. The maximum atomic E-state index is 10.9. The summed E-state index contributed by atoms with van der Waals surface area (Å²) in [6, 6.07) is 13.6. The van der Waals surface area contributed by atoms with Crippen molar-refractivity contribution in [2.24, 2.45) is 5.73 Å². The molecule has 0 fully saturated rings. The van der Waals surface area contributed by atoms with Crippen molar-refractivity contribution in [3.63, 3.8) is 0 Å². The van der Waals surface area contributed by atoms with E-state index in [1.54, 1.807) is 42.5 Å². The zero-order valence-electron chi connectivity index (χ0n) is 9.76. The van der Waals surface area contributed by atoms with Crippen LogP contribution in [0, 0.1) is 11.3 Å². The minimum Gasteiger partial charge on any atom is -0.457 e. The molecule has 0 saturated heterocycles. The van der Waals surface area contributed by atoms with Crippen LogP contribution in [0.25, 0.3) is 0 Å². The third-order valence-electron chi connectivity index (χ3n) is 2.44. The Bertz CT molecular complexity index is 660. The second-order valence-electron chi connectivity index (χ2n) is 3.74. The topological polar surface area (TPSA) is 76.1 Å². The molecule has 2 aromatic carbocycles. The lowest BCUT2D eigenvalue weighted by atomic mass is 10.2. The molecule has 94 valence electrons. The fraction of sp³-hybridized carbons (Fsp3) is 0. The predicted octanol–water partition coefficient (Wildman–Crippen LogP) is 3.21. The fourth-order valence-electron chi connectivity index (χ4n) is 1.47. The highest BCUT2D eigenvalue weighted by Crippen LogP contribution is 2.26. The van der Waals surface area contributed by atoms with Crippen molar-refractivity contribution in [2.75, 3.05) is 0 Å². The van der Waals surface area contributed by atoms with E-state index < -0.39 is 5.91 Å². The Hall–Kier alpha value is -2.32. The number of carbonyl (C=O) groups is 1. The first kappa shape index (κ1) is 13.1. The number of hydrogen-bond acceptors (Lipinski definition) is 3. The van der Waals surface area contributed by atoms with Crippen LogP contribution in [-0.2, 0) is 0 Å². The van der Waals surface area contributed by atoms with Crippen molar-refractivity contribution < 1.29 is 9.53 Å². The van der Waals surface area contributed by atoms with Crippen LogP contribution in [0.4, 0.5) is 0 Å².